The fraction of sp³-hybridized carbons (Fsp3) is 0.286. The lowest BCUT2D eigenvalue weighted by Crippen LogP contribution is -2.11. The van der Waals surface area contributed by atoms with E-state index in [-0.39, 0.29) is 35.1 Å². The first-order valence-electron chi connectivity index (χ1n) is 8.91. The molecule has 0 aliphatic heterocycles. The number of alkyl halides is 9. The van der Waals surface area contributed by atoms with Gasteiger partial charge in [-0.25, -0.2) is 0 Å². The molecule has 0 N–H and O–H groups in total. The molecule has 0 saturated carbocycles. The van der Waals surface area contributed by atoms with Crippen LogP contribution in [-0.2, 0) is 23.3 Å². The van der Waals surface area contributed by atoms with Crippen LogP contribution in [0.2, 0.25) is 5.02 Å². The van der Waals surface area contributed by atoms with E-state index < -0.39 is 41.1 Å². The number of benzene rings is 2. The molecule has 0 radical (unpaired) electrons. The first-order chi connectivity index (χ1) is 14.6. The Morgan fingerprint density at radius 3 is 1.78 bits per heavy atom. The molecule has 32 heavy (non-hydrogen) atoms. The lowest BCUT2D eigenvalue weighted by atomic mass is 9.93. The molecule has 2 aromatic rings. The largest absolute Gasteiger partial charge is 0.416 e. The topological polar surface area (TPSA) is 17.1 Å². The molecule has 174 valence electrons. The summed E-state index contributed by atoms with van der Waals surface area (Å²) in [6.07, 6.45) is -12.1. The van der Waals surface area contributed by atoms with Gasteiger partial charge in [0.15, 0.2) is 0 Å². The lowest BCUT2D eigenvalue weighted by Gasteiger charge is -2.15. The molecule has 0 saturated heterocycles. The van der Waals surface area contributed by atoms with E-state index in [1.165, 1.54) is 6.08 Å². The van der Waals surface area contributed by atoms with Gasteiger partial charge in [0, 0.05) is 10.9 Å². The van der Waals surface area contributed by atoms with Gasteiger partial charge in [0.1, 0.15) is 6.29 Å². The Labute approximate surface area is 181 Å². The first kappa shape index (κ1) is 25.8. The van der Waals surface area contributed by atoms with Crippen molar-refractivity contribution in [3.63, 3.8) is 0 Å². The van der Waals surface area contributed by atoms with Crippen molar-refractivity contribution in [1.29, 1.82) is 0 Å². The molecular formula is C21H14ClF9O. The molecule has 0 spiro atoms. The molecule has 0 amide bonds. The van der Waals surface area contributed by atoms with Crippen LogP contribution in [0.3, 0.4) is 0 Å². The van der Waals surface area contributed by atoms with Crippen LogP contribution in [0.15, 0.2) is 42.5 Å². The van der Waals surface area contributed by atoms with Crippen LogP contribution in [0.1, 0.15) is 46.6 Å². The lowest BCUT2D eigenvalue weighted by molar-refractivity contribution is -0.143. The van der Waals surface area contributed by atoms with Gasteiger partial charge < -0.3 is 4.79 Å². The normalized spacial score (nSPS) is 14.1. The monoisotopic (exact) mass is 488 g/mol. The fourth-order valence-electron chi connectivity index (χ4n) is 2.87. The quantitative estimate of drug-likeness (QED) is 0.296. The molecule has 1 unspecified atom stereocenters. The van der Waals surface area contributed by atoms with Gasteiger partial charge in [-0.1, -0.05) is 23.8 Å². The van der Waals surface area contributed by atoms with Crippen molar-refractivity contribution in [2.24, 2.45) is 0 Å². The zero-order valence-corrected chi connectivity index (χ0v) is 16.6. The number of halogens is 10. The number of hydrogen-bond donors (Lipinski definition) is 0. The molecule has 0 heterocycles. The minimum Gasteiger partial charge on any atom is -0.303 e. The van der Waals surface area contributed by atoms with E-state index in [1.54, 1.807) is 0 Å². The van der Waals surface area contributed by atoms with E-state index in [2.05, 4.69) is 0 Å². The van der Waals surface area contributed by atoms with Crippen molar-refractivity contribution >= 4 is 24.0 Å². The van der Waals surface area contributed by atoms with Crippen LogP contribution < -0.4 is 0 Å². The summed E-state index contributed by atoms with van der Waals surface area (Å²) in [7, 11) is 0. The molecule has 0 aromatic heterocycles. The first-order valence-corrected chi connectivity index (χ1v) is 9.28. The van der Waals surface area contributed by atoms with Crippen molar-refractivity contribution in [3.8, 4) is 0 Å². The Kier molecular flexibility index (Phi) is 7.70. The SMILES string of the molecule is O=CC(CC/C=C\c1cc(C(F)(F)F)cc(C(F)(F)F)c1)c1cc(C(F)(F)F)ccc1Cl. The molecule has 2 rings (SSSR count). The second-order valence-electron chi connectivity index (χ2n) is 6.80. The van der Waals surface area contributed by atoms with Gasteiger partial charge in [0.25, 0.3) is 0 Å². The van der Waals surface area contributed by atoms with Gasteiger partial charge in [0.2, 0.25) is 0 Å². The van der Waals surface area contributed by atoms with E-state index >= 15 is 0 Å². The minimum absolute atomic E-state index is 0.00457. The number of aldehydes is 1. The Morgan fingerprint density at radius 1 is 0.781 bits per heavy atom. The Balaban J connectivity index is 2.22. The molecule has 2 aromatic carbocycles. The molecular weight excluding hydrogens is 475 g/mol. The van der Waals surface area contributed by atoms with Crippen LogP contribution in [0, 0.1) is 0 Å². The minimum atomic E-state index is -4.99. The maximum atomic E-state index is 12.9. The third kappa shape index (κ3) is 6.75. The second kappa shape index (κ2) is 9.56. The van der Waals surface area contributed by atoms with Crippen LogP contribution >= 0.6 is 11.6 Å². The highest BCUT2D eigenvalue weighted by Gasteiger charge is 2.36. The van der Waals surface area contributed by atoms with Gasteiger partial charge in [-0.2, -0.15) is 39.5 Å². The third-order valence-electron chi connectivity index (χ3n) is 4.45. The molecule has 11 heteroatoms. The molecule has 0 aliphatic rings. The van der Waals surface area contributed by atoms with E-state index in [0.29, 0.717) is 18.4 Å². The standard InChI is InChI=1S/C21H14ClF9O/c22-18-6-5-14(19(23,24)25)10-17(18)13(11-32)4-2-1-3-12-7-15(20(26,27)28)9-16(8-12)21(29,30)31/h1,3,5-11,13H,2,4H2/b3-1-. The highest BCUT2D eigenvalue weighted by atomic mass is 35.5. The van der Waals surface area contributed by atoms with Crippen LogP contribution in [0.5, 0.6) is 0 Å². The average molecular weight is 489 g/mol. The van der Waals surface area contributed by atoms with Crippen LogP contribution in [0.25, 0.3) is 6.08 Å². The van der Waals surface area contributed by atoms with E-state index in [9.17, 15) is 44.3 Å². The van der Waals surface area contributed by atoms with Crippen molar-refractivity contribution in [1.82, 2.24) is 0 Å². The number of allylic oxidation sites excluding steroid dienone is 1. The number of rotatable bonds is 6. The molecule has 0 fully saturated rings. The second-order valence-corrected chi connectivity index (χ2v) is 7.20. The smallest absolute Gasteiger partial charge is 0.303 e. The Morgan fingerprint density at radius 2 is 1.31 bits per heavy atom. The zero-order valence-electron chi connectivity index (χ0n) is 15.9. The van der Waals surface area contributed by atoms with Crippen molar-refractivity contribution in [2.75, 3.05) is 0 Å². The highest BCUT2D eigenvalue weighted by Crippen LogP contribution is 2.37. The highest BCUT2D eigenvalue weighted by molar-refractivity contribution is 6.31. The van der Waals surface area contributed by atoms with Crippen LogP contribution in [0.4, 0.5) is 39.5 Å². The average Bonchev–Trinajstić information content (AvgIpc) is 2.66. The van der Waals surface area contributed by atoms with Crippen molar-refractivity contribution < 1.29 is 44.3 Å². The van der Waals surface area contributed by atoms with E-state index in [1.807, 2.05) is 0 Å². The summed E-state index contributed by atoms with van der Waals surface area (Å²) in [5.74, 6) is -1.05. The molecule has 0 aliphatic carbocycles. The predicted molar refractivity (Wildman–Crippen MR) is 100.0 cm³/mol. The number of carbonyl (C=O) groups excluding carboxylic acids is 1. The van der Waals surface area contributed by atoms with E-state index in [4.69, 9.17) is 11.6 Å². The summed E-state index contributed by atoms with van der Waals surface area (Å²) in [6, 6.07) is 3.54. The number of carbonyl (C=O) groups is 1. The summed E-state index contributed by atoms with van der Waals surface area (Å²) in [5.41, 5.74) is -4.42. The summed E-state index contributed by atoms with van der Waals surface area (Å²) in [4.78, 5) is 11.4. The zero-order chi connectivity index (χ0) is 24.3. The molecule has 1 atom stereocenters. The van der Waals surface area contributed by atoms with Crippen molar-refractivity contribution in [2.45, 2.75) is 37.3 Å². The third-order valence-corrected chi connectivity index (χ3v) is 4.80. The summed E-state index contributed by atoms with van der Waals surface area (Å²) < 4.78 is 116. The summed E-state index contributed by atoms with van der Waals surface area (Å²) in [5, 5.41) is -0.0771. The van der Waals surface area contributed by atoms with Gasteiger partial charge in [-0.05, 0) is 60.4 Å². The molecule has 1 nitrogen and oxygen atoms in total. The maximum Gasteiger partial charge on any atom is 0.416 e. The maximum absolute atomic E-state index is 12.9. The Bertz CT molecular complexity index is 956. The van der Waals surface area contributed by atoms with Gasteiger partial charge in [-0.3, -0.25) is 0 Å². The predicted octanol–water partition coefficient (Wildman–Crippen LogP) is 8.17. The van der Waals surface area contributed by atoms with Gasteiger partial charge in [-0.15, -0.1) is 0 Å². The van der Waals surface area contributed by atoms with Gasteiger partial charge >= 0.3 is 18.5 Å². The Hall–Kier alpha value is -2.49. The molecule has 0 bridgehead atoms. The summed E-state index contributed by atoms with van der Waals surface area (Å²) in [6.45, 7) is 0. The summed E-state index contributed by atoms with van der Waals surface area (Å²) >= 11 is 5.89. The fourth-order valence-corrected chi connectivity index (χ4v) is 3.13. The van der Waals surface area contributed by atoms with Crippen molar-refractivity contribution in [3.05, 3.63) is 75.3 Å². The number of hydrogen-bond acceptors (Lipinski definition) is 1. The van der Waals surface area contributed by atoms with E-state index in [0.717, 1.165) is 24.3 Å². The van der Waals surface area contributed by atoms with Gasteiger partial charge in [0.05, 0.1) is 16.7 Å². The van der Waals surface area contributed by atoms with Crippen LogP contribution in [-0.4, -0.2) is 6.29 Å².